The highest BCUT2D eigenvalue weighted by molar-refractivity contribution is 5.91. The standard InChI is InChI=1S/C13H13NO2/c15-13(12-8-4-5-9-16-12)14-10-11-6-2-1-3-7-11/h1-3,5-9H,4,10H2,(H,14,15). The lowest BCUT2D eigenvalue weighted by molar-refractivity contribution is -0.120. The number of ether oxygens (including phenoxy) is 1. The molecule has 1 amide bonds. The molecular formula is C13H13NO2. The van der Waals surface area contributed by atoms with Crippen molar-refractivity contribution in [3.63, 3.8) is 0 Å². The third kappa shape index (κ3) is 2.73. The minimum absolute atomic E-state index is 0.173. The summed E-state index contributed by atoms with van der Waals surface area (Å²) in [5.74, 6) is 0.201. The van der Waals surface area contributed by atoms with Crippen molar-refractivity contribution in [1.29, 1.82) is 0 Å². The van der Waals surface area contributed by atoms with Gasteiger partial charge in [-0.3, -0.25) is 4.79 Å². The lowest BCUT2D eigenvalue weighted by atomic mass is 10.2. The van der Waals surface area contributed by atoms with Crippen molar-refractivity contribution in [3.05, 3.63) is 60.1 Å². The largest absolute Gasteiger partial charge is 0.460 e. The monoisotopic (exact) mass is 215 g/mol. The van der Waals surface area contributed by atoms with Gasteiger partial charge in [0.2, 0.25) is 0 Å². The molecule has 1 heterocycles. The predicted octanol–water partition coefficient (Wildman–Crippen LogP) is 2.12. The normalized spacial score (nSPS) is 13.9. The first-order valence-corrected chi connectivity index (χ1v) is 5.20. The van der Waals surface area contributed by atoms with Crippen LogP contribution in [-0.2, 0) is 16.1 Å². The molecule has 0 radical (unpaired) electrons. The number of carbonyl (C=O) groups excluding carboxylic acids is 1. The van der Waals surface area contributed by atoms with Gasteiger partial charge in [0.1, 0.15) is 0 Å². The molecule has 1 aromatic carbocycles. The van der Waals surface area contributed by atoms with E-state index in [1.807, 2.05) is 36.4 Å². The molecule has 1 aliphatic rings. The minimum Gasteiger partial charge on any atom is -0.460 e. The van der Waals surface area contributed by atoms with Crippen molar-refractivity contribution in [2.24, 2.45) is 0 Å². The number of rotatable bonds is 3. The summed E-state index contributed by atoms with van der Waals surface area (Å²) in [6.07, 6.45) is 5.90. The van der Waals surface area contributed by atoms with E-state index in [1.165, 1.54) is 6.26 Å². The average Bonchev–Trinajstić information content (AvgIpc) is 2.38. The Kier molecular flexibility index (Phi) is 3.38. The Balaban J connectivity index is 1.87. The number of carbonyl (C=O) groups is 1. The average molecular weight is 215 g/mol. The highest BCUT2D eigenvalue weighted by atomic mass is 16.5. The summed E-state index contributed by atoms with van der Waals surface area (Å²) in [5.41, 5.74) is 1.07. The second kappa shape index (κ2) is 5.16. The Hall–Kier alpha value is -2.03. The molecule has 1 aliphatic heterocycles. The molecule has 0 aromatic heterocycles. The molecule has 0 bridgehead atoms. The molecule has 0 spiro atoms. The van der Waals surface area contributed by atoms with Crippen LogP contribution in [0, 0.1) is 0 Å². The van der Waals surface area contributed by atoms with Crippen LogP contribution in [-0.4, -0.2) is 5.91 Å². The third-order valence-corrected chi connectivity index (χ3v) is 2.25. The van der Waals surface area contributed by atoms with Gasteiger partial charge in [0.05, 0.1) is 6.26 Å². The summed E-state index contributed by atoms with van der Waals surface area (Å²) in [6.45, 7) is 0.518. The van der Waals surface area contributed by atoms with Gasteiger partial charge >= 0.3 is 0 Å². The molecule has 1 N–H and O–H groups in total. The Morgan fingerprint density at radius 2 is 2.12 bits per heavy atom. The maximum absolute atomic E-state index is 11.6. The minimum atomic E-state index is -0.173. The van der Waals surface area contributed by atoms with Crippen LogP contribution in [0.25, 0.3) is 0 Å². The van der Waals surface area contributed by atoms with Crippen LogP contribution >= 0.6 is 0 Å². The molecule has 82 valence electrons. The smallest absolute Gasteiger partial charge is 0.286 e. The van der Waals surface area contributed by atoms with Gasteiger partial charge in [0.25, 0.3) is 5.91 Å². The number of hydrogen-bond donors (Lipinski definition) is 1. The zero-order valence-corrected chi connectivity index (χ0v) is 8.85. The summed E-state index contributed by atoms with van der Waals surface area (Å²) >= 11 is 0. The van der Waals surface area contributed by atoms with Crippen molar-refractivity contribution < 1.29 is 9.53 Å². The van der Waals surface area contributed by atoms with E-state index in [0.29, 0.717) is 12.3 Å². The number of benzene rings is 1. The van der Waals surface area contributed by atoms with Gasteiger partial charge in [-0.25, -0.2) is 0 Å². The fraction of sp³-hybridized carbons (Fsp3) is 0.154. The molecule has 3 heteroatoms. The fourth-order valence-electron chi connectivity index (χ4n) is 1.41. The van der Waals surface area contributed by atoms with E-state index in [1.54, 1.807) is 6.08 Å². The van der Waals surface area contributed by atoms with Crippen LogP contribution in [0.3, 0.4) is 0 Å². The molecule has 1 aromatic rings. The predicted molar refractivity (Wildman–Crippen MR) is 61.2 cm³/mol. The van der Waals surface area contributed by atoms with E-state index >= 15 is 0 Å². The molecule has 0 fully saturated rings. The summed E-state index contributed by atoms with van der Waals surface area (Å²) < 4.78 is 5.10. The zero-order valence-electron chi connectivity index (χ0n) is 8.85. The molecule has 3 nitrogen and oxygen atoms in total. The Bertz CT molecular complexity index is 421. The summed E-state index contributed by atoms with van der Waals surface area (Å²) in [5, 5.41) is 2.80. The molecular weight excluding hydrogens is 202 g/mol. The van der Waals surface area contributed by atoms with Gasteiger partial charge in [0, 0.05) is 6.54 Å². The number of amides is 1. The maximum atomic E-state index is 11.6. The summed E-state index contributed by atoms with van der Waals surface area (Å²) in [6, 6.07) is 9.77. The highest BCUT2D eigenvalue weighted by Gasteiger charge is 2.10. The topological polar surface area (TPSA) is 38.3 Å². The van der Waals surface area contributed by atoms with E-state index < -0.39 is 0 Å². The van der Waals surface area contributed by atoms with Crippen LogP contribution < -0.4 is 5.32 Å². The molecule has 0 aliphatic carbocycles. The van der Waals surface area contributed by atoms with Gasteiger partial charge in [-0.1, -0.05) is 30.3 Å². The quantitative estimate of drug-likeness (QED) is 0.838. The van der Waals surface area contributed by atoms with Crippen LogP contribution in [0.5, 0.6) is 0 Å². The first-order chi connectivity index (χ1) is 7.86. The van der Waals surface area contributed by atoms with Crippen molar-refractivity contribution in [3.8, 4) is 0 Å². The summed E-state index contributed by atoms with van der Waals surface area (Å²) in [4.78, 5) is 11.6. The highest BCUT2D eigenvalue weighted by Crippen LogP contribution is 2.07. The Morgan fingerprint density at radius 3 is 2.81 bits per heavy atom. The Labute approximate surface area is 94.4 Å². The molecule has 0 atom stereocenters. The van der Waals surface area contributed by atoms with Crippen LogP contribution in [0.1, 0.15) is 12.0 Å². The lowest BCUT2D eigenvalue weighted by Crippen LogP contribution is -2.25. The molecule has 0 saturated carbocycles. The van der Waals surface area contributed by atoms with Gasteiger partial charge in [-0.2, -0.15) is 0 Å². The fourth-order valence-corrected chi connectivity index (χ4v) is 1.41. The molecule has 0 saturated heterocycles. The van der Waals surface area contributed by atoms with E-state index in [-0.39, 0.29) is 5.91 Å². The number of nitrogens with one attached hydrogen (secondary N) is 1. The van der Waals surface area contributed by atoms with E-state index in [4.69, 9.17) is 4.74 Å². The van der Waals surface area contributed by atoms with Gasteiger partial charge in [-0.15, -0.1) is 0 Å². The first kappa shape index (κ1) is 10.5. The van der Waals surface area contributed by atoms with Crippen molar-refractivity contribution in [2.45, 2.75) is 13.0 Å². The zero-order chi connectivity index (χ0) is 11.2. The molecule has 2 rings (SSSR count). The number of allylic oxidation sites excluding steroid dienone is 2. The van der Waals surface area contributed by atoms with E-state index in [0.717, 1.165) is 12.0 Å². The number of hydrogen-bond acceptors (Lipinski definition) is 2. The molecule has 16 heavy (non-hydrogen) atoms. The van der Waals surface area contributed by atoms with Crippen molar-refractivity contribution in [2.75, 3.05) is 0 Å². The van der Waals surface area contributed by atoms with E-state index in [2.05, 4.69) is 5.32 Å². The maximum Gasteiger partial charge on any atom is 0.286 e. The first-order valence-electron chi connectivity index (χ1n) is 5.20. The van der Waals surface area contributed by atoms with Gasteiger partial charge in [0.15, 0.2) is 5.76 Å². The van der Waals surface area contributed by atoms with Crippen molar-refractivity contribution in [1.82, 2.24) is 5.32 Å². The SMILES string of the molecule is O=C(NCc1ccccc1)C1=CCC=CO1. The van der Waals surface area contributed by atoms with E-state index in [9.17, 15) is 4.79 Å². The van der Waals surface area contributed by atoms with Crippen molar-refractivity contribution >= 4 is 5.91 Å². The van der Waals surface area contributed by atoms with Crippen LogP contribution in [0.15, 0.2) is 54.5 Å². The lowest BCUT2D eigenvalue weighted by Gasteiger charge is -2.10. The van der Waals surface area contributed by atoms with Crippen LogP contribution in [0.2, 0.25) is 0 Å². The second-order valence-corrected chi connectivity index (χ2v) is 3.46. The van der Waals surface area contributed by atoms with Crippen LogP contribution in [0.4, 0.5) is 0 Å². The van der Waals surface area contributed by atoms with Gasteiger partial charge < -0.3 is 10.1 Å². The molecule has 0 unspecified atom stereocenters. The third-order valence-electron chi connectivity index (χ3n) is 2.25. The van der Waals surface area contributed by atoms with Gasteiger partial charge in [-0.05, 0) is 24.1 Å². The second-order valence-electron chi connectivity index (χ2n) is 3.46. The summed E-state index contributed by atoms with van der Waals surface area (Å²) in [7, 11) is 0. The Morgan fingerprint density at radius 1 is 1.31 bits per heavy atom.